The Bertz CT molecular complexity index is 275. The van der Waals surface area contributed by atoms with E-state index in [1.807, 2.05) is 34.9 Å². The number of rotatable bonds is 1. The highest BCUT2D eigenvalue weighted by molar-refractivity contribution is 14.1. The predicted molar refractivity (Wildman–Crippen MR) is 63.6 cm³/mol. The van der Waals surface area contributed by atoms with Gasteiger partial charge in [0.15, 0.2) is 5.82 Å². The zero-order valence-electron chi connectivity index (χ0n) is 5.70. The molecule has 0 aliphatic carbocycles. The van der Waals surface area contributed by atoms with Crippen LogP contribution in [-0.2, 0) is 0 Å². The minimum atomic E-state index is -0.0926. The van der Waals surface area contributed by atoms with E-state index in [4.69, 9.17) is 0 Å². The van der Waals surface area contributed by atoms with Gasteiger partial charge in [-0.05, 0) is 63.6 Å². The third-order valence-corrected chi connectivity index (χ3v) is 4.11. The number of thioether (sulfide) groups is 1. The second kappa shape index (κ2) is 4.27. The fraction of sp³-hybridized carbons (Fsp3) is 0.143. The van der Waals surface area contributed by atoms with E-state index in [1.165, 1.54) is 11.8 Å². The molecule has 4 heteroatoms. The van der Waals surface area contributed by atoms with Gasteiger partial charge in [-0.3, -0.25) is 0 Å². The third-order valence-electron chi connectivity index (χ3n) is 1.21. The van der Waals surface area contributed by atoms with E-state index in [-0.39, 0.29) is 5.82 Å². The highest BCUT2D eigenvalue weighted by Gasteiger charge is 2.08. The van der Waals surface area contributed by atoms with Gasteiger partial charge < -0.3 is 0 Å². The van der Waals surface area contributed by atoms with Gasteiger partial charge in [-0.2, -0.15) is 0 Å². The minimum Gasteiger partial charge on any atom is -0.205 e. The summed E-state index contributed by atoms with van der Waals surface area (Å²) in [5.74, 6) is -0.0926. The molecular weight excluding hydrogens is 389 g/mol. The fourth-order valence-electron chi connectivity index (χ4n) is 0.696. The summed E-state index contributed by atoms with van der Waals surface area (Å²) in [7, 11) is 0. The molecule has 0 bridgehead atoms. The first-order chi connectivity index (χ1) is 5.16. The van der Waals surface area contributed by atoms with Crippen molar-refractivity contribution in [2.75, 3.05) is 6.26 Å². The summed E-state index contributed by atoms with van der Waals surface area (Å²) in [4.78, 5) is 0.748. The van der Waals surface area contributed by atoms with Gasteiger partial charge >= 0.3 is 0 Å². The van der Waals surface area contributed by atoms with Crippen LogP contribution in [0.5, 0.6) is 0 Å². The predicted octanol–water partition coefficient (Wildman–Crippen LogP) is 3.76. The Kier molecular flexibility index (Phi) is 3.90. The summed E-state index contributed by atoms with van der Waals surface area (Å²) in [5.41, 5.74) is 0. The molecule has 1 aromatic carbocycles. The Labute approximate surface area is 96.6 Å². The summed E-state index contributed by atoms with van der Waals surface area (Å²) in [5, 5.41) is 0. The molecule has 60 valence electrons. The molecule has 0 nitrogen and oxygen atoms in total. The third kappa shape index (κ3) is 2.21. The van der Waals surface area contributed by atoms with Gasteiger partial charge in [0.1, 0.15) is 0 Å². The molecule has 0 aromatic heterocycles. The summed E-state index contributed by atoms with van der Waals surface area (Å²) < 4.78 is 14.9. The van der Waals surface area contributed by atoms with E-state index in [0.29, 0.717) is 3.57 Å². The largest absolute Gasteiger partial charge is 0.205 e. The van der Waals surface area contributed by atoms with Crippen LogP contribution < -0.4 is 0 Å². The Morgan fingerprint density at radius 2 is 1.82 bits per heavy atom. The number of hydrogen-bond acceptors (Lipinski definition) is 1. The Morgan fingerprint density at radius 1 is 1.27 bits per heavy atom. The molecule has 11 heavy (non-hydrogen) atoms. The van der Waals surface area contributed by atoms with Crippen molar-refractivity contribution < 1.29 is 4.39 Å². The van der Waals surface area contributed by atoms with Crippen molar-refractivity contribution in [3.63, 3.8) is 0 Å². The summed E-state index contributed by atoms with van der Waals surface area (Å²) in [6.07, 6.45) is 1.89. The van der Waals surface area contributed by atoms with Crippen LogP contribution in [-0.4, -0.2) is 6.26 Å². The lowest BCUT2D eigenvalue weighted by Gasteiger charge is -2.03. The zero-order valence-corrected chi connectivity index (χ0v) is 10.8. The maximum atomic E-state index is 13.2. The van der Waals surface area contributed by atoms with E-state index in [0.717, 1.165) is 8.47 Å². The number of benzene rings is 1. The smallest absolute Gasteiger partial charge is 0.151 e. The van der Waals surface area contributed by atoms with Crippen LogP contribution in [0.1, 0.15) is 0 Å². The summed E-state index contributed by atoms with van der Waals surface area (Å²) >= 11 is 5.59. The molecule has 0 aliphatic heterocycles. The second-order valence-corrected chi connectivity index (χ2v) is 5.02. The molecule has 0 spiro atoms. The standard InChI is InChI=1S/C7H5FI2S/c1-11-7-5(10)3-2-4(9)6(7)8/h2-3H,1H3. The van der Waals surface area contributed by atoms with Crippen LogP contribution in [0.3, 0.4) is 0 Å². The molecule has 0 fully saturated rings. The Morgan fingerprint density at radius 3 is 2.27 bits per heavy atom. The van der Waals surface area contributed by atoms with Gasteiger partial charge in [-0.15, -0.1) is 11.8 Å². The van der Waals surface area contributed by atoms with E-state index in [1.54, 1.807) is 6.07 Å². The average Bonchev–Trinajstić information content (AvgIpc) is 1.99. The van der Waals surface area contributed by atoms with Crippen LogP contribution in [0.2, 0.25) is 0 Å². The molecule has 0 saturated heterocycles. The van der Waals surface area contributed by atoms with Crippen molar-refractivity contribution in [2.45, 2.75) is 4.90 Å². The fourth-order valence-corrected chi connectivity index (χ4v) is 2.96. The molecule has 0 unspecified atom stereocenters. The van der Waals surface area contributed by atoms with Crippen LogP contribution in [0.15, 0.2) is 17.0 Å². The normalized spacial score (nSPS) is 10.2. The Hall–Kier alpha value is 0.960. The minimum absolute atomic E-state index is 0.0926. The molecule has 0 radical (unpaired) electrons. The lowest BCUT2D eigenvalue weighted by atomic mass is 10.3. The molecule has 0 aliphatic rings. The summed E-state index contributed by atoms with van der Waals surface area (Å²) in [6, 6.07) is 3.72. The van der Waals surface area contributed by atoms with Crippen molar-refractivity contribution >= 4 is 56.9 Å². The van der Waals surface area contributed by atoms with Crippen molar-refractivity contribution in [3.05, 3.63) is 25.1 Å². The molecular formula is C7H5FI2S. The van der Waals surface area contributed by atoms with Crippen molar-refractivity contribution in [3.8, 4) is 0 Å². The van der Waals surface area contributed by atoms with E-state index in [2.05, 4.69) is 22.6 Å². The molecule has 0 N–H and O–H groups in total. The van der Waals surface area contributed by atoms with Crippen molar-refractivity contribution in [1.29, 1.82) is 0 Å². The first kappa shape index (κ1) is 10.0. The molecule has 0 atom stereocenters. The molecule has 1 rings (SSSR count). The second-order valence-electron chi connectivity index (χ2n) is 1.88. The van der Waals surface area contributed by atoms with Crippen LogP contribution in [0.4, 0.5) is 4.39 Å². The molecule has 0 heterocycles. The maximum Gasteiger partial charge on any atom is 0.151 e. The van der Waals surface area contributed by atoms with Crippen LogP contribution in [0.25, 0.3) is 0 Å². The van der Waals surface area contributed by atoms with Gasteiger partial charge in [0.05, 0.1) is 4.90 Å². The van der Waals surface area contributed by atoms with Gasteiger partial charge in [0.25, 0.3) is 0 Å². The molecule has 1 aromatic rings. The van der Waals surface area contributed by atoms with Gasteiger partial charge in [-0.1, -0.05) is 0 Å². The van der Waals surface area contributed by atoms with Crippen molar-refractivity contribution in [2.24, 2.45) is 0 Å². The van der Waals surface area contributed by atoms with Crippen LogP contribution >= 0.6 is 56.9 Å². The van der Waals surface area contributed by atoms with Gasteiger partial charge in [-0.25, -0.2) is 4.39 Å². The van der Waals surface area contributed by atoms with E-state index < -0.39 is 0 Å². The maximum absolute atomic E-state index is 13.2. The highest BCUT2D eigenvalue weighted by Crippen LogP contribution is 2.28. The SMILES string of the molecule is CSc1c(I)ccc(I)c1F. The summed E-state index contributed by atoms with van der Waals surface area (Å²) in [6.45, 7) is 0. The molecule has 0 amide bonds. The molecule has 0 saturated carbocycles. The quantitative estimate of drug-likeness (QED) is 0.397. The Balaban J connectivity index is 3.29. The number of halogens is 3. The van der Waals surface area contributed by atoms with Crippen LogP contribution in [0, 0.1) is 13.0 Å². The topological polar surface area (TPSA) is 0 Å². The first-order valence-corrected chi connectivity index (χ1v) is 6.22. The number of hydrogen-bond donors (Lipinski definition) is 0. The zero-order chi connectivity index (χ0) is 8.43. The average molecular weight is 394 g/mol. The monoisotopic (exact) mass is 394 g/mol. The van der Waals surface area contributed by atoms with E-state index >= 15 is 0 Å². The highest BCUT2D eigenvalue weighted by atomic mass is 127. The van der Waals surface area contributed by atoms with Gasteiger partial charge in [0, 0.05) is 7.14 Å². The van der Waals surface area contributed by atoms with Gasteiger partial charge in [0.2, 0.25) is 0 Å². The lowest BCUT2D eigenvalue weighted by Crippen LogP contribution is -1.88. The van der Waals surface area contributed by atoms with Crippen molar-refractivity contribution in [1.82, 2.24) is 0 Å². The lowest BCUT2D eigenvalue weighted by molar-refractivity contribution is 0.592. The first-order valence-electron chi connectivity index (χ1n) is 2.84. The van der Waals surface area contributed by atoms with E-state index in [9.17, 15) is 4.39 Å².